The minimum Gasteiger partial charge on any atom is -0.493 e. The number of nitro groups is 1. The Hall–Kier alpha value is -4.14. The molecule has 0 bridgehead atoms. The third-order valence-corrected chi connectivity index (χ3v) is 4.33. The number of methoxy groups -OCH3 is 1. The van der Waals surface area contributed by atoms with Crippen LogP contribution in [0.2, 0.25) is 0 Å². The summed E-state index contributed by atoms with van der Waals surface area (Å²) in [6.45, 7) is 0.554. The fourth-order valence-corrected chi connectivity index (χ4v) is 2.83. The Kier molecular flexibility index (Phi) is 7.36. The largest absolute Gasteiger partial charge is 0.493 e. The maximum atomic E-state index is 12.3. The molecule has 0 spiro atoms. The average Bonchev–Trinajstić information content (AvgIpc) is 2.78. The summed E-state index contributed by atoms with van der Waals surface area (Å²) in [5.41, 5.74) is 1.79. The predicted molar refractivity (Wildman–Crippen MR) is 116 cm³/mol. The Bertz CT molecular complexity index is 1040. The smallest absolute Gasteiger partial charge is 0.292 e. The lowest BCUT2D eigenvalue weighted by molar-refractivity contribution is -0.384. The number of hydrogen-bond donors (Lipinski definition) is 2. The first-order valence-corrected chi connectivity index (χ1v) is 9.53. The van der Waals surface area contributed by atoms with Gasteiger partial charge in [-0.1, -0.05) is 18.2 Å². The van der Waals surface area contributed by atoms with Crippen LogP contribution in [0.1, 0.15) is 12.0 Å². The molecular weight excluding hydrogens is 400 g/mol. The van der Waals surface area contributed by atoms with E-state index >= 15 is 0 Å². The number of nitrogens with zero attached hydrogens (tertiary/aromatic N) is 2. The minimum atomic E-state index is -0.465. The van der Waals surface area contributed by atoms with Gasteiger partial charge in [0.05, 0.1) is 12.0 Å². The number of nitro benzene ring substituents is 1. The Labute approximate surface area is 179 Å². The van der Waals surface area contributed by atoms with E-state index in [0.29, 0.717) is 29.5 Å². The van der Waals surface area contributed by atoms with Gasteiger partial charge >= 0.3 is 0 Å². The van der Waals surface area contributed by atoms with E-state index in [1.54, 1.807) is 55.9 Å². The fourth-order valence-electron chi connectivity index (χ4n) is 2.83. The molecule has 0 aliphatic rings. The summed E-state index contributed by atoms with van der Waals surface area (Å²) in [5.74, 6) is 0.789. The number of aromatic nitrogens is 1. The third kappa shape index (κ3) is 6.17. The molecule has 0 radical (unpaired) electrons. The molecule has 2 N–H and O–H groups in total. The number of hydrogen-bond acceptors (Lipinski definition) is 7. The molecule has 0 saturated heterocycles. The van der Waals surface area contributed by atoms with Crippen molar-refractivity contribution in [1.29, 1.82) is 0 Å². The van der Waals surface area contributed by atoms with Crippen molar-refractivity contribution in [3.8, 4) is 11.5 Å². The zero-order chi connectivity index (χ0) is 22.1. The van der Waals surface area contributed by atoms with E-state index in [0.717, 1.165) is 5.56 Å². The second kappa shape index (κ2) is 10.6. The predicted octanol–water partition coefficient (Wildman–Crippen LogP) is 4.02. The second-order valence-corrected chi connectivity index (χ2v) is 6.51. The zero-order valence-corrected chi connectivity index (χ0v) is 16.9. The summed E-state index contributed by atoms with van der Waals surface area (Å²) >= 11 is 0. The van der Waals surface area contributed by atoms with E-state index in [2.05, 4.69) is 15.6 Å². The Morgan fingerprint density at radius 1 is 1.13 bits per heavy atom. The quantitative estimate of drug-likeness (QED) is 0.374. The molecule has 0 aliphatic carbocycles. The number of rotatable bonds is 10. The first-order valence-electron chi connectivity index (χ1n) is 9.53. The molecule has 2 aromatic carbocycles. The monoisotopic (exact) mass is 422 g/mol. The molecule has 0 aliphatic heterocycles. The maximum Gasteiger partial charge on any atom is 0.292 e. The van der Waals surface area contributed by atoms with Gasteiger partial charge in [0.25, 0.3) is 5.69 Å². The van der Waals surface area contributed by atoms with Crippen molar-refractivity contribution < 1.29 is 19.2 Å². The van der Waals surface area contributed by atoms with Crippen LogP contribution in [0, 0.1) is 10.1 Å². The van der Waals surface area contributed by atoms with E-state index < -0.39 is 4.92 Å². The number of benzene rings is 2. The van der Waals surface area contributed by atoms with E-state index in [-0.39, 0.29) is 24.6 Å². The van der Waals surface area contributed by atoms with Gasteiger partial charge in [-0.15, -0.1) is 0 Å². The maximum absolute atomic E-state index is 12.3. The van der Waals surface area contributed by atoms with Crippen LogP contribution >= 0.6 is 0 Å². The first-order chi connectivity index (χ1) is 15.1. The van der Waals surface area contributed by atoms with Crippen molar-refractivity contribution in [3.05, 3.63) is 82.7 Å². The topological polar surface area (TPSA) is 116 Å². The van der Waals surface area contributed by atoms with Crippen LogP contribution in [0.15, 0.2) is 67.0 Å². The van der Waals surface area contributed by atoms with Gasteiger partial charge in [-0.25, -0.2) is 0 Å². The van der Waals surface area contributed by atoms with Gasteiger partial charge in [0.1, 0.15) is 12.3 Å². The number of pyridine rings is 1. The van der Waals surface area contributed by atoms with Crippen LogP contribution in [0.3, 0.4) is 0 Å². The number of anilines is 2. The van der Waals surface area contributed by atoms with Crippen LogP contribution in [0.5, 0.6) is 11.5 Å². The molecule has 1 heterocycles. The highest BCUT2D eigenvalue weighted by Gasteiger charge is 2.13. The zero-order valence-electron chi connectivity index (χ0n) is 16.9. The van der Waals surface area contributed by atoms with Crippen molar-refractivity contribution in [2.24, 2.45) is 0 Å². The van der Waals surface area contributed by atoms with E-state index in [1.165, 1.54) is 6.07 Å². The van der Waals surface area contributed by atoms with Crippen molar-refractivity contribution in [3.63, 3.8) is 0 Å². The van der Waals surface area contributed by atoms with E-state index in [9.17, 15) is 14.9 Å². The summed E-state index contributed by atoms with van der Waals surface area (Å²) in [6.07, 6.45) is 3.53. The fraction of sp³-hybridized carbons (Fsp3) is 0.182. The average molecular weight is 422 g/mol. The van der Waals surface area contributed by atoms with Crippen molar-refractivity contribution in [1.82, 2.24) is 4.98 Å². The van der Waals surface area contributed by atoms with Gasteiger partial charge < -0.3 is 20.1 Å². The van der Waals surface area contributed by atoms with Gasteiger partial charge in [0, 0.05) is 48.7 Å². The van der Waals surface area contributed by atoms with Gasteiger partial charge in [0.2, 0.25) is 5.91 Å². The number of ether oxygens (including phenoxy) is 2. The first kappa shape index (κ1) is 21.6. The third-order valence-electron chi connectivity index (χ3n) is 4.33. The lowest BCUT2D eigenvalue weighted by Gasteiger charge is -2.13. The van der Waals surface area contributed by atoms with Crippen LogP contribution < -0.4 is 20.1 Å². The Balaban J connectivity index is 1.56. The molecule has 1 aromatic heterocycles. The molecule has 9 heteroatoms. The summed E-state index contributed by atoms with van der Waals surface area (Å²) < 4.78 is 11.1. The summed E-state index contributed by atoms with van der Waals surface area (Å²) in [6, 6.07) is 15.1. The SMILES string of the molecule is COc1ccc(NC(=O)CCNc2ccccc2[N+](=O)[O-])cc1OCc1cccnc1. The summed E-state index contributed by atoms with van der Waals surface area (Å²) in [4.78, 5) is 26.9. The molecule has 1 amide bonds. The number of carbonyl (C=O) groups is 1. The highest BCUT2D eigenvalue weighted by atomic mass is 16.6. The van der Waals surface area contributed by atoms with Crippen LogP contribution in [0.4, 0.5) is 17.1 Å². The molecular formula is C22H22N4O5. The van der Waals surface area contributed by atoms with Crippen molar-refractivity contribution in [2.45, 2.75) is 13.0 Å². The lowest BCUT2D eigenvalue weighted by Crippen LogP contribution is -2.16. The highest BCUT2D eigenvalue weighted by Crippen LogP contribution is 2.31. The van der Waals surface area contributed by atoms with Crippen molar-refractivity contribution >= 4 is 23.0 Å². The summed E-state index contributed by atoms with van der Waals surface area (Å²) in [5, 5.41) is 16.8. The molecule has 0 atom stereocenters. The lowest BCUT2D eigenvalue weighted by atomic mass is 10.2. The standard InChI is InChI=1S/C22H22N4O5/c1-30-20-9-8-17(13-21(20)31-15-16-5-4-11-23-14-16)25-22(27)10-12-24-18-6-2-3-7-19(18)26(28)29/h2-9,11,13-14,24H,10,12,15H2,1H3,(H,25,27). The summed E-state index contributed by atoms with van der Waals surface area (Å²) in [7, 11) is 1.54. The molecule has 0 fully saturated rings. The number of amides is 1. The highest BCUT2D eigenvalue weighted by molar-refractivity contribution is 5.91. The van der Waals surface area contributed by atoms with Gasteiger partial charge in [-0.05, 0) is 24.3 Å². The normalized spacial score (nSPS) is 10.2. The molecule has 3 rings (SSSR count). The molecule has 9 nitrogen and oxygen atoms in total. The van der Waals surface area contributed by atoms with Gasteiger partial charge in [-0.3, -0.25) is 19.9 Å². The molecule has 160 valence electrons. The Morgan fingerprint density at radius 3 is 2.71 bits per heavy atom. The number of nitrogens with one attached hydrogen (secondary N) is 2. The molecule has 31 heavy (non-hydrogen) atoms. The van der Waals surface area contributed by atoms with E-state index in [1.807, 2.05) is 12.1 Å². The van der Waals surface area contributed by atoms with Crippen LogP contribution in [-0.4, -0.2) is 29.5 Å². The number of carbonyl (C=O) groups excluding carboxylic acids is 1. The van der Waals surface area contributed by atoms with Crippen molar-refractivity contribution in [2.75, 3.05) is 24.3 Å². The minimum absolute atomic E-state index is 0.0338. The van der Waals surface area contributed by atoms with E-state index in [4.69, 9.17) is 9.47 Å². The molecule has 0 unspecified atom stereocenters. The van der Waals surface area contributed by atoms with Crippen LogP contribution in [-0.2, 0) is 11.4 Å². The van der Waals surface area contributed by atoms with Gasteiger partial charge in [0.15, 0.2) is 11.5 Å². The Morgan fingerprint density at radius 2 is 1.97 bits per heavy atom. The number of para-hydroxylation sites is 2. The molecule has 0 saturated carbocycles. The molecule has 3 aromatic rings. The van der Waals surface area contributed by atoms with Crippen LogP contribution in [0.25, 0.3) is 0 Å². The van der Waals surface area contributed by atoms with Gasteiger partial charge in [-0.2, -0.15) is 0 Å². The second-order valence-electron chi connectivity index (χ2n) is 6.51.